The van der Waals surface area contributed by atoms with Gasteiger partial charge in [0.25, 0.3) is 5.96 Å². The lowest BCUT2D eigenvalue weighted by molar-refractivity contribution is 0.509. The summed E-state index contributed by atoms with van der Waals surface area (Å²) in [6.45, 7) is 6.43. The van der Waals surface area contributed by atoms with Gasteiger partial charge in [-0.15, -0.1) is 5.10 Å². The molecule has 5 heteroatoms. The van der Waals surface area contributed by atoms with Gasteiger partial charge >= 0.3 is 0 Å². The Morgan fingerprint density at radius 3 is 2.75 bits per heavy atom. The van der Waals surface area contributed by atoms with E-state index in [1.165, 1.54) is 24.0 Å². The number of guanidine groups is 1. The number of benzene rings is 1. The first-order valence-corrected chi connectivity index (χ1v) is 8.69. The van der Waals surface area contributed by atoms with Gasteiger partial charge in [0.15, 0.2) is 0 Å². The highest BCUT2D eigenvalue weighted by atomic mass is 15.5. The predicted molar refractivity (Wildman–Crippen MR) is 101 cm³/mol. The van der Waals surface area contributed by atoms with E-state index in [-0.39, 0.29) is 6.04 Å². The molecule has 2 heterocycles. The second-order valence-corrected chi connectivity index (χ2v) is 6.29. The van der Waals surface area contributed by atoms with Crippen molar-refractivity contribution >= 4 is 23.7 Å². The van der Waals surface area contributed by atoms with Crippen LogP contribution in [-0.4, -0.2) is 29.0 Å². The smallest absolute Gasteiger partial charge is 0.252 e. The molecule has 1 aromatic carbocycles. The van der Waals surface area contributed by atoms with E-state index >= 15 is 0 Å². The molecule has 1 aromatic rings. The van der Waals surface area contributed by atoms with E-state index in [2.05, 4.69) is 54.5 Å². The van der Waals surface area contributed by atoms with Gasteiger partial charge < -0.3 is 0 Å². The summed E-state index contributed by atoms with van der Waals surface area (Å²) < 4.78 is 0. The van der Waals surface area contributed by atoms with Crippen LogP contribution in [0.25, 0.3) is 0 Å². The SMILES string of the molecule is CCCCCC1NN=C2N=CC=CN2C1=Nc1c(C)cccc1C. The predicted octanol–water partition coefficient (Wildman–Crippen LogP) is 4.06. The van der Waals surface area contributed by atoms with Crippen molar-refractivity contribution in [2.24, 2.45) is 15.1 Å². The molecule has 2 aliphatic rings. The van der Waals surface area contributed by atoms with Crippen LogP contribution in [0.5, 0.6) is 0 Å². The van der Waals surface area contributed by atoms with Crippen molar-refractivity contribution < 1.29 is 0 Å². The Bertz CT molecular complexity index is 694. The molecule has 0 aromatic heterocycles. The van der Waals surface area contributed by atoms with E-state index in [4.69, 9.17) is 4.99 Å². The number of aliphatic imine (C=N–C) groups is 2. The van der Waals surface area contributed by atoms with Gasteiger partial charge in [0.1, 0.15) is 11.9 Å². The maximum absolute atomic E-state index is 5.04. The summed E-state index contributed by atoms with van der Waals surface area (Å²) in [4.78, 5) is 11.4. The summed E-state index contributed by atoms with van der Waals surface area (Å²) >= 11 is 0. The minimum atomic E-state index is 0.109. The molecule has 1 unspecified atom stereocenters. The summed E-state index contributed by atoms with van der Waals surface area (Å²) in [5, 5.41) is 4.41. The van der Waals surface area contributed by atoms with Crippen molar-refractivity contribution in [3.8, 4) is 0 Å². The summed E-state index contributed by atoms with van der Waals surface area (Å²) in [6.07, 6.45) is 10.3. The molecule has 0 fully saturated rings. The highest BCUT2D eigenvalue weighted by Gasteiger charge is 2.29. The molecule has 3 rings (SSSR count). The monoisotopic (exact) mass is 323 g/mol. The molecule has 1 N–H and O–H groups in total. The van der Waals surface area contributed by atoms with E-state index in [1.54, 1.807) is 6.21 Å². The highest BCUT2D eigenvalue weighted by Crippen LogP contribution is 2.26. The number of hydrogen-bond donors (Lipinski definition) is 1. The quantitative estimate of drug-likeness (QED) is 0.831. The molecule has 2 aliphatic heterocycles. The van der Waals surface area contributed by atoms with Gasteiger partial charge in [0, 0.05) is 12.4 Å². The fourth-order valence-corrected chi connectivity index (χ4v) is 3.01. The Kier molecular flexibility index (Phi) is 5.08. The standard InChI is InChI=1S/C19H25N5/c1-4-5-6-11-16-18(21-17-14(2)9-7-10-15(17)3)24-13-8-12-20-19(24)23-22-16/h7-10,12-13,16,22H,4-6,11H2,1-3H3. The molecule has 0 saturated heterocycles. The lowest BCUT2D eigenvalue weighted by Gasteiger charge is -2.33. The first-order valence-electron chi connectivity index (χ1n) is 8.69. The normalized spacial score (nSPS) is 20.8. The van der Waals surface area contributed by atoms with Gasteiger partial charge in [-0.3, -0.25) is 10.3 Å². The van der Waals surface area contributed by atoms with Gasteiger partial charge in [0.05, 0.1) is 5.69 Å². The van der Waals surface area contributed by atoms with E-state index in [9.17, 15) is 0 Å². The topological polar surface area (TPSA) is 52.4 Å². The highest BCUT2D eigenvalue weighted by molar-refractivity contribution is 6.09. The number of aryl methyl sites for hydroxylation is 2. The van der Waals surface area contributed by atoms with E-state index in [0.29, 0.717) is 5.96 Å². The molecule has 24 heavy (non-hydrogen) atoms. The maximum Gasteiger partial charge on any atom is 0.252 e. The number of allylic oxidation sites excluding steroid dienone is 1. The van der Waals surface area contributed by atoms with Crippen molar-refractivity contribution in [1.29, 1.82) is 0 Å². The van der Waals surface area contributed by atoms with Gasteiger partial charge in [-0.1, -0.05) is 44.4 Å². The first-order chi connectivity index (χ1) is 11.7. The van der Waals surface area contributed by atoms with Crippen LogP contribution in [0, 0.1) is 13.8 Å². The van der Waals surface area contributed by atoms with E-state index in [1.807, 2.05) is 17.2 Å². The van der Waals surface area contributed by atoms with Crippen LogP contribution in [0.15, 0.2) is 45.6 Å². The molecule has 1 atom stereocenters. The number of nitrogens with one attached hydrogen (secondary N) is 1. The number of hydrogen-bond acceptors (Lipinski definition) is 4. The average Bonchev–Trinajstić information content (AvgIpc) is 2.59. The molecular formula is C19H25N5. The second kappa shape index (κ2) is 7.43. The fourth-order valence-electron chi connectivity index (χ4n) is 3.01. The molecule has 0 saturated carbocycles. The molecule has 126 valence electrons. The van der Waals surface area contributed by atoms with Crippen LogP contribution >= 0.6 is 0 Å². The Morgan fingerprint density at radius 1 is 1.21 bits per heavy atom. The molecule has 0 bridgehead atoms. The van der Waals surface area contributed by atoms with Crippen LogP contribution in [0.2, 0.25) is 0 Å². The van der Waals surface area contributed by atoms with Gasteiger partial charge in [-0.25, -0.2) is 9.98 Å². The summed E-state index contributed by atoms with van der Waals surface area (Å²) in [6, 6.07) is 6.39. The number of amidine groups is 1. The largest absolute Gasteiger partial charge is 0.296 e. The average molecular weight is 323 g/mol. The number of unbranched alkanes of at least 4 members (excludes halogenated alkanes) is 2. The van der Waals surface area contributed by atoms with Crippen LogP contribution < -0.4 is 5.43 Å². The first kappa shape index (κ1) is 16.4. The lowest BCUT2D eigenvalue weighted by Crippen LogP contribution is -2.50. The van der Waals surface area contributed by atoms with Crippen LogP contribution in [-0.2, 0) is 0 Å². The maximum atomic E-state index is 5.04. The molecule has 0 aliphatic carbocycles. The Balaban J connectivity index is 1.98. The number of rotatable bonds is 5. The number of fused-ring (bicyclic) bond motifs is 1. The Morgan fingerprint density at radius 2 is 2.00 bits per heavy atom. The Hall–Kier alpha value is -2.43. The van der Waals surface area contributed by atoms with Crippen LogP contribution in [0.4, 0.5) is 5.69 Å². The third kappa shape index (κ3) is 3.40. The van der Waals surface area contributed by atoms with E-state index < -0.39 is 0 Å². The van der Waals surface area contributed by atoms with Gasteiger partial charge in [-0.2, -0.15) is 0 Å². The third-order valence-electron chi connectivity index (χ3n) is 4.37. The molecule has 0 spiro atoms. The summed E-state index contributed by atoms with van der Waals surface area (Å²) in [5.41, 5.74) is 6.66. The lowest BCUT2D eigenvalue weighted by atomic mass is 10.1. The third-order valence-corrected chi connectivity index (χ3v) is 4.37. The van der Waals surface area contributed by atoms with Crippen molar-refractivity contribution in [1.82, 2.24) is 10.3 Å². The number of nitrogens with zero attached hydrogens (tertiary/aromatic N) is 4. The number of para-hydroxylation sites is 1. The van der Waals surface area contributed by atoms with Crippen molar-refractivity contribution in [3.05, 3.63) is 41.6 Å². The Labute approximate surface area is 143 Å². The minimum Gasteiger partial charge on any atom is -0.296 e. The van der Waals surface area contributed by atoms with Crippen molar-refractivity contribution in [2.45, 2.75) is 52.5 Å². The van der Waals surface area contributed by atoms with E-state index in [0.717, 1.165) is 24.4 Å². The van der Waals surface area contributed by atoms with Gasteiger partial charge in [0.2, 0.25) is 0 Å². The minimum absolute atomic E-state index is 0.109. The summed E-state index contributed by atoms with van der Waals surface area (Å²) in [5.74, 6) is 1.62. The van der Waals surface area contributed by atoms with Crippen molar-refractivity contribution in [3.63, 3.8) is 0 Å². The van der Waals surface area contributed by atoms with Crippen LogP contribution in [0.1, 0.15) is 43.7 Å². The van der Waals surface area contributed by atoms with Crippen LogP contribution in [0.3, 0.4) is 0 Å². The molecular weight excluding hydrogens is 298 g/mol. The zero-order valence-corrected chi connectivity index (χ0v) is 14.7. The zero-order valence-electron chi connectivity index (χ0n) is 14.7. The fraction of sp³-hybridized carbons (Fsp3) is 0.421. The molecule has 5 nitrogen and oxygen atoms in total. The van der Waals surface area contributed by atoms with Crippen molar-refractivity contribution in [2.75, 3.05) is 0 Å². The zero-order chi connectivity index (χ0) is 16.9. The second-order valence-electron chi connectivity index (χ2n) is 6.29. The molecule has 0 radical (unpaired) electrons. The number of hydrazone groups is 1. The molecule has 0 amide bonds. The summed E-state index contributed by atoms with van der Waals surface area (Å²) in [7, 11) is 0. The van der Waals surface area contributed by atoms with Gasteiger partial charge in [-0.05, 0) is 37.5 Å².